The van der Waals surface area contributed by atoms with E-state index in [1.165, 1.54) is 29.8 Å². The van der Waals surface area contributed by atoms with E-state index < -0.39 is 11.9 Å². The number of amides is 1. The fourth-order valence-electron chi connectivity index (χ4n) is 1.80. The van der Waals surface area contributed by atoms with Crippen molar-refractivity contribution in [3.05, 3.63) is 54.5 Å². The van der Waals surface area contributed by atoms with Crippen molar-refractivity contribution >= 4 is 44.6 Å². The summed E-state index contributed by atoms with van der Waals surface area (Å²) in [6.45, 7) is -0.378. The highest BCUT2D eigenvalue weighted by Gasteiger charge is 2.09. The maximum atomic E-state index is 11.8. The molecule has 0 unspecified atom stereocenters. The summed E-state index contributed by atoms with van der Waals surface area (Å²) in [6, 6.07) is 11.0. The molecular weight excluding hydrogens is 316 g/mol. The second-order valence-electron chi connectivity index (χ2n) is 4.49. The maximum absolute atomic E-state index is 11.8. The number of hydrogen-bond donors (Lipinski definition) is 1. The number of nitrogens with zero attached hydrogens (tertiary/aromatic N) is 1. The van der Waals surface area contributed by atoms with E-state index in [1.807, 2.05) is 24.3 Å². The molecule has 0 atom stereocenters. The molecule has 0 saturated heterocycles. The topological polar surface area (TPSA) is 81.4 Å². The summed E-state index contributed by atoms with van der Waals surface area (Å²) < 4.78 is 10.9. The molecule has 0 bridgehead atoms. The number of benzene rings is 1. The van der Waals surface area contributed by atoms with Crippen molar-refractivity contribution in [2.24, 2.45) is 0 Å². The highest BCUT2D eigenvalue weighted by molar-refractivity contribution is 7.22. The predicted octanol–water partition coefficient (Wildman–Crippen LogP) is 3.08. The van der Waals surface area contributed by atoms with Gasteiger partial charge in [-0.25, -0.2) is 9.78 Å². The summed E-state index contributed by atoms with van der Waals surface area (Å²) in [4.78, 5) is 27.5. The van der Waals surface area contributed by atoms with Crippen LogP contribution in [0.1, 0.15) is 5.76 Å². The number of carbonyl (C=O) groups is 2. The lowest BCUT2D eigenvalue weighted by Crippen LogP contribution is -2.19. The number of esters is 1. The Morgan fingerprint density at radius 2 is 2.13 bits per heavy atom. The molecule has 23 heavy (non-hydrogen) atoms. The number of ether oxygens (including phenoxy) is 1. The van der Waals surface area contributed by atoms with Crippen LogP contribution in [0.2, 0.25) is 0 Å². The second kappa shape index (κ2) is 6.89. The first-order chi connectivity index (χ1) is 11.2. The highest BCUT2D eigenvalue weighted by Crippen LogP contribution is 2.25. The molecule has 1 amide bonds. The minimum absolute atomic E-state index is 0.378. The standard InChI is InChI=1S/C16H12N2O4S/c19-14(10-22-15(20)8-7-11-4-3-9-21-11)18-16-17-12-5-1-2-6-13(12)23-16/h1-9H,10H2,(H,17,18,19)/b8-7-. The van der Waals surface area contributed by atoms with Crippen molar-refractivity contribution in [3.63, 3.8) is 0 Å². The lowest BCUT2D eigenvalue weighted by atomic mass is 10.3. The van der Waals surface area contributed by atoms with E-state index in [9.17, 15) is 9.59 Å². The summed E-state index contributed by atoms with van der Waals surface area (Å²) >= 11 is 1.36. The molecular formula is C16H12N2O4S. The first-order valence-corrected chi connectivity index (χ1v) is 7.56. The summed E-state index contributed by atoms with van der Waals surface area (Å²) in [7, 11) is 0. The van der Waals surface area contributed by atoms with Crippen LogP contribution in [0.4, 0.5) is 5.13 Å². The van der Waals surface area contributed by atoms with Crippen molar-refractivity contribution in [3.8, 4) is 0 Å². The zero-order chi connectivity index (χ0) is 16.1. The third kappa shape index (κ3) is 4.04. The normalized spacial score (nSPS) is 11.0. The second-order valence-corrected chi connectivity index (χ2v) is 5.52. The van der Waals surface area contributed by atoms with Gasteiger partial charge < -0.3 is 9.15 Å². The maximum Gasteiger partial charge on any atom is 0.331 e. The molecule has 0 radical (unpaired) electrons. The largest absolute Gasteiger partial charge is 0.465 e. The van der Waals surface area contributed by atoms with Crippen LogP contribution >= 0.6 is 11.3 Å². The minimum atomic E-state index is -0.624. The number of aromatic nitrogens is 1. The predicted molar refractivity (Wildman–Crippen MR) is 87.0 cm³/mol. The van der Waals surface area contributed by atoms with Crippen LogP contribution in [0.25, 0.3) is 16.3 Å². The molecule has 0 fully saturated rings. The van der Waals surface area contributed by atoms with Crippen molar-refractivity contribution < 1.29 is 18.7 Å². The fraction of sp³-hybridized carbons (Fsp3) is 0.0625. The van der Waals surface area contributed by atoms with Crippen LogP contribution in [0.5, 0.6) is 0 Å². The number of hydrogen-bond acceptors (Lipinski definition) is 6. The van der Waals surface area contributed by atoms with Crippen molar-refractivity contribution in [2.45, 2.75) is 0 Å². The van der Waals surface area contributed by atoms with E-state index in [2.05, 4.69) is 10.3 Å². The third-order valence-corrected chi connectivity index (χ3v) is 3.76. The van der Waals surface area contributed by atoms with E-state index in [0.717, 1.165) is 10.2 Å². The first-order valence-electron chi connectivity index (χ1n) is 6.74. The quantitative estimate of drug-likeness (QED) is 0.575. The Bertz CT molecular complexity index is 819. The molecule has 2 aromatic heterocycles. The minimum Gasteiger partial charge on any atom is -0.465 e. The Kier molecular flexibility index (Phi) is 4.49. The summed E-state index contributed by atoms with van der Waals surface area (Å²) in [5.74, 6) is -0.537. The third-order valence-electron chi connectivity index (χ3n) is 2.81. The van der Waals surface area contributed by atoms with Gasteiger partial charge in [-0.2, -0.15) is 0 Å². The van der Waals surface area contributed by atoms with Crippen molar-refractivity contribution in [1.29, 1.82) is 0 Å². The fourth-order valence-corrected chi connectivity index (χ4v) is 2.68. The van der Waals surface area contributed by atoms with Gasteiger partial charge in [0.2, 0.25) is 0 Å². The van der Waals surface area contributed by atoms with E-state index in [1.54, 1.807) is 12.1 Å². The molecule has 0 aliphatic rings. The number of anilines is 1. The molecule has 3 rings (SSSR count). The van der Waals surface area contributed by atoms with Crippen LogP contribution < -0.4 is 5.32 Å². The first kappa shape index (κ1) is 15.0. The van der Waals surface area contributed by atoms with Crippen LogP contribution in [0, 0.1) is 0 Å². The molecule has 1 aromatic carbocycles. The number of nitrogens with one attached hydrogen (secondary N) is 1. The molecule has 7 heteroatoms. The highest BCUT2D eigenvalue weighted by atomic mass is 32.1. The zero-order valence-electron chi connectivity index (χ0n) is 11.9. The molecule has 6 nitrogen and oxygen atoms in total. The monoisotopic (exact) mass is 328 g/mol. The average Bonchev–Trinajstić information content (AvgIpc) is 3.19. The van der Waals surface area contributed by atoms with Crippen molar-refractivity contribution in [2.75, 3.05) is 11.9 Å². The van der Waals surface area contributed by atoms with Gasteiger partial charge >= 0.3 is 5.97 Å². The van der Waals surface area contributed by atoms with Crippen molar-refractivity contribution in [1.82, 2.24) is 4.98 Å². The lowest BCUT2D eigenvalue weighted by Gasteiger charge is -2.01. The van der Waals surface area contributed by atoms with Crippen LogP contribution in [0.3, 0.4) is 0 Å². The van der Waals surface area contributed by atoms with Crippen LogP contribution in [-0.4, -0.2) is 23.5 Å². The van der Waals surface area contributed by atoms with Gasteiger partial charge in [-0.1, -0.05) is 23.5 Å². The molecule has 1 N–H and O–H groups in total. The number of rotatable bonds is 5. The lowest BCUT2D eigenvalue weighted by molar-refractivity contribution is -0.142. The molecule has 0 aliphatic carbocycles. The van der Waals surface area contributed by atoms with E-state index >= 15 is 0 Å². The number of para-hydroxylation sites is 1. The van der Waals surface area contributed by atoms with Gasteiger partial charge in [-0.05, 0) is 30.3 Å². The average molecular weight is 328 g/mol. The number of fused-ring (bicyclic) bond motifs is 1. The Hall–Kier alpha value is -2.93. The SMILES string of the molecule is O=C(COC(=O)/C=C\c1ccco1)Nc1nc2ccccc2s1. The Balaban J connectivity index is 1.50. The van der Waals surface area contributed by atoms with Gasteiger partial charge in [0, 0.05) is 6.08 Å². The molecule has 0 aliphatic heterocycles. The van der Waals surface area contributed by atoms with E-state index in [-0.39, 0.29) is 6.61 Å². The molecule has 0 saturated carbocycles. The number of thiazole rings is 1. The van der Waals surface area contributed by atoms with Gasteiger partial charge in [0.1, 0.15) is 5.76 Å². The summed E-state index contributed by atoms with van der Waals surface area (Å²) in [5, 5.41) is 3.08. The number of furan rings is 1. The number of carbonyl (C=O) groups excluding carboxylic acids is 2. The van der Waals surface area contributed by atoms with E-state index in [4.69, 9.17) is 9.15 Å². The van der Waals surface area contributed by atoms with Crippen LogP contribution in [0.15, 0.2) is 53.2 Å². The van der Waals surface area contributed by atoms with Crippen LogP contribution in [-0.2, 0) is 14.3 Å². The molecule has 3 aromatic rings. The Morgan fingerprint density at radius 3 is 2.91 bits per heavy atom. The molecule has 116 valence electrons. The van der Waals surface area contributed by atoms with Gasteiger partial charge in [0.05, 0.1) is 16.5 Å². The Morgan fingerprint density at radius 1 is 1.26 bits per heavy atom. The summed E-state index contributed by atoms with van der Waals surface area (Å²) in [6.07, 6.45) is 4.16. The molecule has 2 heterocycles. The molecule has 0 spiro atoms. The smallest absolute Gasteiger partial charge is 0.331 e. The summed E-state index contributed by atoms with van der Waals surface area (Å²) in [5.41, 5.74) is 0.811. The van der Waals surface area contributed by atoms with Gasteiger partial charge in [-0.15, -0.1) is 0 Å². The van der Waals surface area contributed by atoms with Gasteiger partial charge in [0.15, 0.2) is 11.7 Å². The van der Waals surface area contributed by atoms with Gasteiger partial charge in [-0.3, -0.25) is 10.1 Å². The van der Waals surface area contributed by atoms with E-state index in [0.29, 0.717) is 10.9 Å². The Labute approximate surface area is 135 Å². The zero-order valence-corrected chi connectivity index (χ0v) is 12.7. The van der Waals surface area contributed by atoms with Gasteiger partial charge in [0.25, 0.3) is 5.91 Å².